The lowest BCUT2D eigenvalue weighted by molar-refractivity contribution is 0.0951. The number of nitrogens with one attached hydrogen (secondary N) is 1. The Morgan fingerprint density at radius 1 is 1.10 bits per heavy atom. The van der Waals surface area contributed by atoms with Gasteiger partial charge in [0.05, 0.1) is 0 Å². The SMILES string of the molecule is CS(=O)c1ccc(C(=O)NCc2ccc(F)cc2)cc1. The quantitative estimate of drug-likeness (QED) is 0.940. The molecule has 3 nitrogen and oxygen atoms in total. The number of carbonyl (C=O) groups is 1. The van der Waals surface area contributed by atoms with Gasteiger partial charge < -0.3 is 5.32 Å². The van der Waals surface area contributed by atoms with Crippen molar-refractivity contribution in [1.82, 2.24) is 5.32 Å². The molecular formula is C15H14FNO2S. The van der Waals surface area contributed by atoms with E-state index in [9.17, 15) is 13.4 Å². The minimum atomic E-state index is -1.05. The van der Waals surface area contributed by atoms with Crippen LogP contribution in [-0.2, 0) is 17.3 Å². The molecule has 0 aliphatic carbocycles. The van der Waals surface area contributed by atoms with E-state index < -0.39 is 10.8 Å². The van der Waals surface area contributed by atoms with E-state index >= 15 is 0 Å². The minimum absolute atomic E-state index is 0.220. The van der Waals surface area contributed by atoms with Crippen LogP contribution in [0.1, 0.15) is 15.9 Å². The summed E-state index contributed by atoms with van der Waals surface area (Å²) in [4.78, 5) is 12.6. The molecule has 5 heteroatoms. The maximum Gasteiger partial charge on any atom is 0.251 e. The Hall–Kier alpha value is -2.01. The molecule has 20 heavy (non-hydrogen) atoms. The smallest absolute Gasteiger partial charge is 0.251 e. The van der Waals surface area contributed by atoms with Gasteiger partial charge in [-0.1, -0.05) is 12.1 Å². The van der Waals surface area contributed by atoms with Crippen LogP contribution in [0.25, 0.3) is 0 Å². The standard InChI is InChI=1S/C15H14FNO2S/c1-20(19)14-8-4-12(5-9-14)15(18)17-10-11-2-6-13(16)7-3-11/h2-9H,10H2,1H3,(H,17,18). The zero-order valence-electron chi connectivity index (χ0n) is 10.9. The Morgan fingerprint density at radius 2 is 1.70 bits per heavy atom. The Morgan fingerprint density at radius 3 is 2.25 bits per heavy atom. The van der Waals surface area contributed by atoms with Crippen molar-refractivity contribution in [2.45, 2.75) is 11.4 Å². The maximum atomic E-state index is 12.7. The van der Waals surface area contributed by atoms with Gasteiger partial charge in [-0.2, -0.15) is 0 Å². The normalized spacial score (nSPS) is 11.9. The van der Waals surface area contributed by atoms with Crippen LogP contribution in [0.5, 0.6) is 0 Å². The fraction of sp³-hybridized carbons (Fsp3) is 0.133. The van der Waals surface area contributed by atoms with Crippen molar-refractivity contribution >= 4 is 16.7 Å². The first kappa shape index (κ1) is 14.4. The number of carbonyl (C=O) groups excluding carboxylic acids is 1. The number of rotatable bonds is 4. The van der Waals surface area contributed by atoms with Gasteiger partial charge in [-0.05, 0) is 42.0 Å². The third kappa shape index (κ3) is 3.74. The van der Waals surface area contributed by atoms with Crippen molar-refractivity contribution < 1.29 is 13.4 Å². The Bertz CT molecular complexity index is 623. The number of hydrogen-bond donors (Lipinski definition) is 1. The van der Waals surface area contributed by atoms with Gasteiger partial charge in [0.15, 0.2) is 0 Å². The fourth-order valence-corrected chi connectivity index (χ4v) is 2.20. The number of halogens is 1. The lowest BCUT2D eigenvalue weighted by Crippen LogP contribution is -2.22. The summed E-state index contributed by atoms with van der Waals surface area (Å²) in [5, 5.41) is 2.75. The maximum absolute atomic E-state index is 12.7. The summed E-state index contributed by atoms with van der Waals surface area (Å²) in [7, 11) is -1.05. The van der Waals surface area contributed by atoms with Crippen LogP contribution in [0.15, 0.2) is 53.4 Å². The molecule has 0 bridgehead atoms. The summed E-state index contributed by atoms with van der Waals surface area (Å²) in [6.07, 6.45) is 1.59. The van der Waals surface area contributed by atoms with Crippen LogP contribution in [0, 0.1) is 5.82 Å². The lowest BCUT2D eigenvalue weighted by Gasteiger charge is -2.06. The molecule has 1 N–H and O–H groups in total. The Labute approximate surface area is 119 Å². The molecule has 1 unspecified atom stereocenters. The van der Waals surface area contributed by atoms with Gasteiger partial charge in [-0.15, -0.1) is 0 Å². The first-order valence-electron chi connectivity index (χ1n) is 6.02. The van der Waals surface area contributed by atoms with E-state index in [1.54, 1.807) is 42.7 Å². The molecule has 2 aromatic carbocycles. The van der Waals surface area contributed by atoms with Gasteiger partial charge in [0.2, 0.25) is 0 Å². The molecule has 0 spiro atoms. The second kappa shape index (κ2) is 6.43. The second-order valence-electron chi connectivity index (χ2n) is 4.29. The summed E-state index contributed by atoms with van der Waals surface area (Å²) in [5.41, 5.74) is 1.33. The molecule has 2 aromatic rings. The fourth-order valence-electron chi connectivity index (χ4n) is 1.68. The first-order chi connectivity index (χ1) is 9.56. The molecule has 1 amide bonds. The molecule has 0 fully saturated rings. The van der Waals surface area contributed by atoms with E-state index in [1.807, 2.05) is 0 Å². The van der Waals surface area contributed by atoms with Gasteiger partial charge in [0.25, 0.3) is 5.91 Å². The summed E-state index contributed by atoms with van der Waals surface area (Å²) in [6, 6.07) is 12.6. The van der Waals surface area contributed by atoms with E-state index in [0.29, 0.717) is 17.0 Å². The highest BCUT2D eigenvalue weighted by Gasteiger charge is 2.06. The zero-order valence-corrected chi connectivity index (χ0v) is 11.7. The Balaban J connectivity index is 1.97. The van der Waals surface area contributed by atoms with Crippen molar-refractivity contribution in [2.24, 2.45) is 0 Å². The average molecular weight is 291 g/mol. The molecule has 0 saturated heterocycles. The monoisotopic (exact) mass is 291 g/mol. The van der Waals surface area contributed by atoms with Crippen LogP contribution in [0.3, 0.4) is 0 Å². The third-order valence-electron chi connectivity index (χ3n) is 2.81. The Kier molecular flexibility index (Phi) is 4.63. The van der Waals surface area contributed by atoms with Crippen LogP contribution >= 0.6 is 0 Å². The summed E-state index contributed by atoms with van der Waals surface area (Å²) >= 11 is 0. The average Bonchev–Trinajstić information content (AvgIpc) is 2.46. The topological polar surface area (TPSA) is 46.2 Å². The summed E-state index contributed by atoms with van der Waals surface area (Å²) in [6.45, 7) is 0.334. The molecule has 0 aliphatic heterocycles. The van der Waals surface area contributed by atoms with E-state index in [0.717, 1.165) is 5.56 Å². The predicted octanol–water partition coefficient (Wildman–Crippen LogP) is 2.49. The first-order valence-corrected chi connectivity index (χ1v) is 7.58. The van der Waals surface area contributed by atoms with Crippen LogP contribution in [-0.4, -0.2) is 16.4 Å². The summed E-state index contributed by atoms with van der Waals surface area (Å²) < 4.78 is 24.0. The van der Waals surface area contributed by atoms with Crippen molar-refractivity contribution in [1.29, 1.82) is 0 Å². The highest BCUT2D eigenvalue weighted by atomic mass is 32.2. The summed E-state index contributed by atoms with van der Waals surface area (Å²) in [5.74, 6) is -0.522. The second-order valence-corrected chi connectivity index (χ2v) is 5.67. The van der Waals surface area contributed by atoms with Crippen molar-refractivity contribution in [3.8, 4) is 0 Å². The van der Waals surface area contributed by atoms with Crippen LogP contribution < -0.4 is 5.32 Å². The molecular weight excluding hydrogens is 277 g/mol. The highest BCUT2D eigenvalue weighted by molar-refractivity contribution is 7.84. The molecule has 0 saturated carbocycles. The molecule has 104 valence electrons. The van der Waals surface area contributed by atoms with Crippen molar-refractivity contribution in [2.75, 3.05) is 6.26 Å². The number of hydrogen-bond acceptors (Lipinski definition) is 2. The highest BCUT2D eigenvalue weighted by Crippen LogP contribution is 2.08. The largest absolute Gasteiger partial charge is 0.348 e. The van der Waals surface area contributed by atoms with Gasteiger partial charge in [-0.3, -0.25) is 9.00 Å². The van der Waals surface area contributed by atoms with Gasteiger partial charge >= 0.3 is 0 Å². The molecule has 2 rings (SSSR count). The third-order valence-corrected chi connectivity index (χ3v) is 3.75. The van der Waals surface area contributed by atoms with Crippen LogP contribution in [0.4, 0.5) is 4.39 Å². The van der Waals surface area contributed by atoms with E-state index in [2.05, 4.69) is 5.32 Å². The molecule has 0 aromatic heterocycles. The van der Waals surface area contributed by atoms with Crippen molar-refractivity contribution in [3.05, 3.63) is 65.5 Å². The van der Waals surface area contributed by atoms with Crippen molar-refractivity contribution in [3.63, 3.8) is 0 Å². The van der Waals surface area contributed by atoms with E-state index in [1.165, 1.54) is 12.1 Å². The van der Waals surface area contributed by atoms with Gasteiger partial charge in [0, 0.05) is 34.1 Å². The van der Waals surface area contributed by atoms with Gasteiger partial charge in [-0.25, -0.2) is 4.39 Å². The van der Waals surface area contributed by atoms with E-state index in [-0.39, 0.29) is 11.7 Å². The lowest BCUT2D eigenvalue weighted by atomic mass is 10.2. The van der Waals surface area contributed by atoms with Crippen LogP contribution in [0.2, 0.25) is 0 Å². The number of benzene rings is 2. The minimum Gasteiger partial charge on any atom is -0.348 e. The predicted molar refractivity (Wildman–Crippen MR) is 76.3 cm³/mol. The zero-order chi connectivity index (χ0) is 14.5. The number of amides is 1. The molecule has 1 atom stereocenters. The molecule has 0 radical (unpaired) electrons. The molecule has 0 aliphatic rings. The molecule has 0 heterocycles. The van der Waals surface area contributed by atoms with E-state index in [4.69, 9.17) is 0 Å². The van der Waals surface area contributed by atoms with Gasteiger partial charge in [0.1, 0.15) is 5.82 Å².